The first-order valence-corrected chi connectivity index (χ1v) is 7.54. The average Bonchev–Trinajstić information content (AvgIpc) is 2.68. The topological polar surface area (TPSA) is 114 Å². The van der Waals surface area contributed by atoms with Crippen LogP contribution >= 0.6 is 0 Å². The van der Waals surface area contributed by atoms with Crippen LogP contribution in [-0.4, -0.2) is 23.6 Å². The Balaban J connectivity index is 2.40. The molecule has 7 nitrogen and oxygen atoms in total. The quantitative estimate of drug-likeness (QED) is 0.778. The first-order chi connectivity index (χ1) is 9.33. The van der Waals surface area contributed by atoms with Crippen LogP contribution in [0.5, 0.6) is 0 Å². The molecule has 20 heavy (non-hydrogen) atoms. The summed E-state index contributed by atoms with van der Waals surface area (Å²) in [5.41, 5.74) is 8.34. The van der Waals surface area contributed by atoms with E-state index in [4.69, 9.17) is 5.73 Å². The fourth-order valence-electron chi connectivity index (χ4n) is 1.97. The van der Waals surface area contributed by atoms with E-state index in [2.05, 4.69) is 19.9 Å². The van der Waals surface area contributed by atoms with Gasteiger partial charge >= 0.3 is 0 Å². The molecular formula is C12H17N5O2S. The fraction of sp³-hybridized carbons (Fsp3) is 0.333. The third-order valence-electron chi connectivity index (χ3n) is 2.83. The van der Waals surface area contributed by atoms with Gasteiger partial charge in [0.05, 0.1) is 0 Å². The van der Waals surface area contributed by atoms with Crippen molar-refractivity contribution >= 4 is 15.8 Å². The Morgan fingerprint density at radius 3 is 2.60 bits per heavy atom. The van der Waals surface area contributed by atoms with E-state index < -0.39 is 10.0 Å². The van der Waals surface area contributed by atoms with Gasteiger partial charge in [0, 0.05) is 23.5 Å². The Labute approximate surface area is 117 Å². The predicted molar refractivity (Wildman–Crippen MR) is 75.7 cm³/mol. The van der Waals surface area contributed by atoms with Crippen molar-refractivity contribution < 1.29 is 8.42 Å². The van der Waals surface area contributed by atoms with Crippen LogP contribution in [0.4, 0.5) is 5.82 Å². The second-order valence-corrected chi connectivity index (χ2v) is 6.21. The molecule has 0 amide bonds. The number of aryl methyl sites for hydroxylation is 3. The zero-order valence-corrected chi connectivity index (χ0v) is 12.4. The van der Waals surface area contributed by atoms with Gasteiger partial charge in [-0.2, -0.15) is 13.5 Å². The van der Waals surface area contributed by atoms with Gasteiger partial charge in [0.15, 0.2) is 0 Å². The highest BCUT2D eigenvalue weighted by atomic mass is 32.2. The SMILES string of the molecule is Cc1cc(C)nc(NS(=O)(=O)c2n[nH]c(C)c2CN)c1. The van der Waals surface area contributed by atoms with Crippen LogP contribution in [0.1, 0.15) is 22.5 Å². The van der Waals surface area contributed by atoms with E-state index in [1.807, 2.05) is 13.0 Å². The number of anilines is 1. The van der Waals surface area contributed by atoms with Crippen molar-refractivity contribution in [2.45, 2.75) is 32.3 Å². The van der Waals surface area contributed by atoms with Crippen molar-refractivity contribution in [2.75, 3.05) is 4.72 Å². The van der Waals surface area contributed by atoms with Crippen LogP contribution in [0, 0.1) is 20.8 Å². The van der Waals surface area contributed by atoms with Crippen molar-refractivity contribution in [3.63, 3.8) is 0 Å². The van der Waals surface area contributed by atoms with Gasteiger partial charge in [0.25, 0.3) is 10.0 Å². The molecule has 0 aliphatic heterocycles. The molecular weight excluding hydrogens is 278 g/mol. The zero-order valence-electron chi connectivity index (χ0n) is 11.6. The van der Waals surface area contributed by atoms with Gasteiger partial charge in [-0.1, -0.05) is 0 Å². The maximum Gasteiger partial charge on any atom is 0.282 e. The van der Waals surface area contributed by atoms with Crippen molar-refractivity contribution in [2.24, 2.45) is 5.73 Å². The van der Waals surface area contributed by atoms with Gasteiger partial charge in [-0.25, -0.2) is 4.98 Å². The number of nitrogens with one attached hydrogen (secondary N) is 2. The summed E-state index contributed by atoms with van der Waals surface area (Å²) in [7, 11) is -3.80. The van der Waals surface area contributed by atoms with E-state index in [0.29, 0.717) is 11.3 Å². The molecule has 0 bridgehead atoms. The second-order valence-electron chi connectivity index (χ2n) is 4.61. The molecule has 0 radical (unpaired) electrons. The van der Waals surface area contributed by atoms with Gasteiger partial charge < -0.3 is 5.73 Å². The van der Waals surface area contributed by atoms with Crippen LogP contribution < -0.4 is 10.5 Å². The first kappa shape index (κ1) is 14.5. The lowest BCUT2D eigenvalue weighted by molar-refractivity contribution is 0.595. The molecule has 4 N–H and O–H groups in total. The lowest BCUT2D eigenvalue weighted by Gasteiger charge is -2.08. The standard InChI is InChI=1S/C12H17N5O2S/c1-7-4-8(2)14-11(5-7)17-20(18,19)12-10(6-13)9(3)15-16-12/h4-5H,6,13H2,1-3H3,(H,14,17)(H,15,16). The monoisotopic (exact) mass is 295 g/mol. The third kappa shape index (κ3) is 2.81. The fourth-order valence-corrected chi connectivity index (χ4v) is 3.18. The van der Waals surface area contributed by atoms with Crippen LogP contribution in [0.15, 0.2) is 17.2 Å². The molecule has 0 fully saturated rings. The summed E-state index contributed by atoms with van der Waals surface area (Å²) in [6, 6.07) is 3.52. The Bertz CT molecular complexity index is 716. The smallest absolute Gasteiger partial charge is 0.282 e. The maximum atomic E-state index is 12.3. The van der Waals surface area contributed by atoms with Gasteiger partial charge in [-0.3, -0.25) is 9.82 Å². The Morgan fingerprint density at radius 2 is 2.00 bits per heavy atom. The minimum Gasteiger partial charge on any atom is -0.326 e. The first-order valence-electron chi connectivity index (χ1n) is 6.05. The van der Waals surface area contributed by atoms with E-state index in [0.717, 1.165) is 11.3 Å². The summed E-state index contributed by atoms with van der Waals surface area (Å²) in [6.45, 7) is 5.49. The maximum absolute atomic E-state index is 12.3. The van der Waals surface area contributed by atoms with Crippen molar-refractivity contribution in [3.8, 4) is 0 Å². The van der Waals surface area contributed by atoms with Gasteiger partial charge in [-0.15, -0.1) is 0 Å². The highest BCUT2D eigenvalue weighted by Crippen LogP contribution is 2.19. The van der Waals surface area contributed by atoms with E-state index in [9.17, 15) is 8.42 Å². The molecule has 0 unspecified atom stereocenters. The Morgan fingerprint density at radius 1 is 1.30 bits per heavy atom. The van der Waals surface area contributed by atoms with Gasteiger partial charge in [0.2, 0.25) is 5.03 Å². The molecule has 0 spiro atoms. The minimum atomic E-state index is -3.80. The van der Waals surface area contributed by atoms with Crippen LogP contribution in [0.25, 0.3) is 0 Å². The van der Waals surface area contributed by atoms with E-state index in [1.54, 1.807) is 19.9 Å². The lowest BCUT2D eigenvalue weighted by atomic mass is 10.2. The number of hydrogen-bond acceptors (Lipinski definition) is 5. The summed E-state index contributed by atoms with van der Waals surface area (Å²) in [6.07, 6.45) is 0. The molecule has 2 aromatic rings. The number of sulfonamides is 1. The number of hydrogen-bond donors (Lipinski definition) is 3. The molecule has 0 aliphatic rings. The number of pyridine rings is 1. The van der Waals surface area contributed by atoms with Crippen LogP contribution in [0.2, 0.25) is 0 Å². The van der Waals surface area contributed by atoms with Crippen LogP contribution in [0.3, 0.4) is 0 Å². The molecule has 2 aromatic heterocycles. The average molecular weight is 295 g/mol. The van der Waals surface area contributed by atoms with Crippen molar-refractivity contribution in [3.05, 3.63) is 34.6 Å². The molecule has 0 aliphatic carbocycles. The second kappa shape index (κ2) is 5.22. The summed E-state index contributed by atoms with van der Waals surface area (Å²) >= 11 is 0. The number of aromatic amines is 1. The van der Waals surface area contributed by atoms with Crippen LogP contribution in [-0.2, 0) is 16.6 Å². The van der Waals surface area contributed by atoms with Gasteiger partial charge in [0.1, 0.15) is 5.82 Å². The minimum absolute atomic E-state index is 0.0848. The molecule has 0 saturated heterocycles. The number of aromatic nitrogens is 3. The highest BCUT2D eigenvalue weighted by Gasteiger charge is 2.23. The lowest BCUT2D eigenvalue weighted by Crippen LogP contribution is -2.17. The van der Waals surface area contributed by atoms with E-state index in [-0.39, 0.29) is 17.4 Å². The summed E-state index contributed by atoms with van der Waals surface area (Å²) in [4.78, 5) is 4.15. The number of H-pyrrole nitrogens is 1. The third-order valence-corrected chi connectivity index (χ3v) is 4.16. The molecule has 2 rings (SSSR count). The van der Waals surface area contributed by atoms with Crippen molar-refractivity contribution in [1.82, 2.24) is 15.2 Å². The number of nitrogens with zero attached hydrogens (tertiary/aromatic N) is 2. The summed E-state index contributed by atoms with van der Waals surface area (Å²) < 4.78 is 27.1. The molecule has 108 valence electrons. The molecule has 0 atom stereocenters. The van der Waals surface area contributed by atoms with Crippen molar-refractivity contribution in [1.29, 1.82) is 0 Å². The van der Waals surface area contributed by atoms with E-state index in [1.165, 1.54) is 0 Å². The van der Waals surface area contributed by atoms with E-state index >= 15 is 0 Å². The number of rotatable bonds is 4. The zero-order chi connectivity index (χ0) is 14.9. The largest absolute Gasteiger partial charge is 0.326 e. The number of nitrogens with two attached hydrogens (primary N) is 1. The summed E-state index contributed by atoms with van der Waals surface area (Å²) in [5.74, 6) is 0.270. The Hall–Kier alpha value is -1.93. The Kier molecular flexibility index (Phi) is 3.78. The molecule has 2 heterocycles. The van der Waals surface area contributed by atoms with Gasteiger partial charge in [-0.05, 0) is 38.5 Å². The summed E-state index contributed by atoms with van der Waals surface area (Å²) in [5, 5.41) is 6.36. The molecule has 0 aromatic carbocycles. The molecule has 8 heteroatoms. The molecule has 0 saturated carbocycles. The highest BCUT2D eigenvalue weighted by molar-refractivity contribution is 7.92. The normalized spacial score (nSPS) is 11.6. The predicted octanol–water partition coefficient (Wildman–Crippen LogP) is 0.989.